The molecule has 1 aliphatic carbocycles. The van der Waals surface area contributed by atoms with Gasteiger partial charge >= 0.3 is 0 Å². The maximum atomic E-state index is 6.07. The average Bonchev–Trinajstić information content (AvgIpc) is 2.51. The number of nitrogens with one attached hydrogen (secondary N) is 1. The Kier molecular flexibility index (Phi) is 2.98. The van der Waals surface area contributed by atoms with Crippen molar-refractivity contribution in [3.8, 4) is 0 Å². The lowest BCUT2D eigenvalue weighted by Crippen LogP contribution is -2.18. The first kappa shape index (κ1) is 11.5. The summed E-state index contributed by atoms with van der Waals surface area (Å²) in [4.78, 5) is 4.22. The number of nitrogens with two attached hydrogens (primary N) is 1. The molecule has 4 heteroatoms. The highest BCUT2D eigenvalue weighted by molar-refractivity contribution is 6.33. The van der Waals surface area contributed by atoms with E-state index in [1.807, 2.05) is 0 Å². The molecule has 0 aromatic carbocycles. The van der Waals surface area contributed by atoms with Crippen molar-refractivity contribution in [2.24, 2.45) is 5.41 Å². The summed E-state index contributed by atoms with van der Waals surface area (Å²) in [5.41, 5.74) is 6.63. The van der Waals surface area contributed by atoms with E-state index in [0.717, 1.165) is 12.2 Å². The van der Waals surface area contributed by atoms with Gasteiger partial charge in [0.15, 0.2) is 0 Å². The number of anilines is 2. The van der Waals surface area contributed by atoms with Crippen molar-refractivity contribution in [2.45, 2.75) is 39.2 Å². The number of rotatable bonds is 2. The Morgan fingerprint density at radius 1 is 1.56 bits per heavy atom. The second-order valence-electron chi connectivity index (χ2n) is 5.35. The molecule has 1 unspecified atom stereocenters. The number of hydrogen-bond acceptors (Lipinski definition) is 3. The van der Waals surface area contributed by atoms with E-state index in [1.165, 1.54) is 12.8 Å². The van der Waals surface area contributed by atoms with Crippen molar-refractivity contribution in [1.29, 1.82) is 0 Å². The van der Waals surface area contributed by atoms with E-state index in [0.29, 0.717) is 22.2 Å². The summed E-state index contributed by atoms with van der Waals surface area (Å²) >= 11 is 6.07. The fraction of sp³-hybridized carbons (Fsp3) is 0.583. The van der Waals surface area contributed by atoms with E-state index in [4.69, 9.17) is 17.3 Å². The first-order valence-corrected chi connectivity index (χ1v) is 6.02. The Morgan fingerprint density at radius 2 is 2.31 bits per heavy atom. The van der Waals surface area contributed by atoms with E-state index in [1.54, 1.807) is 12.3 Å². The molecule has 0 bridgehead atoms. The third-order valence-electron chi connectivity index (χ3n) is 3.17. The molecule has 3 nitrogen and oxygen atoms in total. The Bertz CT molecular complexity index is 390. The van der Waals surface area contributed by atoms with Crippen LogP contribution in [-0.2, 0) is 0 Å². The molecular formula is C12H18ClN3. The van der Waals surface area contributed by atoms with Gasteiger partial charge in [-0.15, -0.1) is 0 Å². The van der Waals surface area contributed by atoms with E-state index < -0.39 is 0 Å². The quantitative estimate of drug-likeness (QED) is 0.833. The highest BCUT2D eigenvalue weighted by Crippen LogP contribution is 2.38. The monoisotopic (exact) mass is 239 g/mol. The number of aromatic nitrogens is 1. The van der Waals surface area contributed by atoms with Crippen LogP contribution in [-0.4, -0.2) is 11.0 Å². The van der Waals surface area contributed by atoms with Crippen molar-refractivity contribution in [3.05, 3.63) is 17.3 Å². The first-order chi connectivity index (χ1) is 7.46. The Hall–Kier alpha value is -0.960. The zero-order chi connectivity index (χ0) is 11.8. The lowest BCUT2D eigenvalue weighted by atomic mass is 9.92. The van der Waals surface area contributed by atoms with Crippen LogP contribution >= 0.6 is 11.6 Å². The minimum Gasteiger partial charge on any atom is -0.397 e. The standard InChI is InChI=1S/C12H18ClN3/c1-12(2)4-3-9(6-12)16-11-10(13)5-8(14)7-15-11/h5,7,9H,3-4,6,14H2,1-2H3,(H,15,16). The van der Waals surface area contributed by atoms with Crippen LogP contribution in [0.5, 0.6) is 0 Å². The summed E-state index contributed by atoms with van der Waals surface area (Å²) in [7, 11) is 0. The molecule has 16 heavy (non-hydrogen) atoms. The third kappa shape index (κ3) is 2.59. The van der Waals surface area contributed by atoms with Crippen molar-refractivity contribution in [3.63, 3.8) is 0 Å². The number of pyridine rings is 1. The predicted octanol–water partition coefficient (Wildman–Crippen LogP) is 3.31. The molecule has 1 aliphatic rings. The van der Waals surface area contributed by atoms with Crippen LogP contribution in [0.4, 0.5) is 11.5 Å². The van der Waals surface area contributed by atoms with E-state index in [2.05, 4.69) is 24.1 Å². The Morgan fingerprint density at radius 3 is 2.88 bits per heavy atom. The molecule has 1 fully saturated rings. The predicted molar refractivity (Wildman–Crippen MR) is 68.7 cm³/mol. The molecule has 2 rings (SSSR count). The summed E-state index contributed by atoms with van der Waals surface area (Å²) in [6.07, 6.45) is 5.22. The minimum absolute atomic E-state index is 0.429. The second kappa shape index (κ2) is 4.13. The van der Waals surface area contributed by atoms with Crippen LogP contribution < -0.4 is 11.1 Å². The van der Waals surface area contributed by atoms with Gasteiger partial charge in [0.2, 0.25) is 0 Å². The van der Waals surface area contributed by atoms with E-state index in [-0.39, 0.29) is 0 Å². The molecule has 1 saturated carbocycles. The number of halogens is 1. The molecule has 0 amide bonds. The molecule has 1 atom stereocenters. The lowest BCUT2D eigenvalue weighted by Gasteiger charge is -2.18. The molecule has 1 aromatic heterocycles. The van der Waals surface area contributed by atoms with Gasteiger partial charge in [-0.3, -0.25) is 0 Å². The molecule has 0 radical (unpaired) electrons. The van der Waals surface area contributed by atoms with Crippen LogP contribution in [0, 0.1) is 5.41 Å². The second-order valence-corrected chi connectivity index (χ2v) is 5.75. The van der Waals surface area contributed by atoms with Crippen LogP contribution in [0.25, 0.3) is 0 Å². The number of nitrogens with zero attached hydrogens (tertiary/aromatic N) is 1. The van der Waals surface area contributed by atoms with Gasteiger partial charge in [-0.25, -0.2) is 4.98 Å². The summed E-state index contributed by atoms with van der Waals surface area (Å²) < 4.78 is 0. The van der Waals surface area contributed by atoms with Gasteiger partial charge < -0.3 is 11.1 Å². The van der Waals surface area contributed by atoms with Gasteiger partial charge in [0, 0.05) is 6.04 Å². The van der Waals surface area contributed by atoms with Gasteiger partial charge in [-0.1, -0.05) is 25.4 Å². The third-order valence-corrected chi connectivity index (χ3v) is 3.46. The zero-order valence-electron chi connectivity index (χ0n) is 9.76. The summed E-state index contributed by atoms with van der Waals surface area (Å²) in [6.45, 7) is 4.60. The Labute approximate surface area is 101 Å². The normalized spacial score (nSPS) is 23.3. The highest BCUT2D eigenvalue weighted by Gasteiger charge is 2.31. The molecule has 0 saturated heterocycles. The fourth-order valence-electron chi connectivity index (χ4n) is 2.31. The fourth-order valence-corrected chi connectivity index (χ4v) is 2.54. The van der Waals surface area contributed by atoms with Crippen LogP contribution in [0.15, 0.2) is 12.3 Å². The molecular weight excluding hydrogens is 222 g/mol. The molecule has 88 valence electrons. The number of nitrogen functional groups attached to an aromatic ring is 1. The largest absolute Gasteiger partial charge is 0.397 e. The Balaban J connectivity index is 2.05. The average molecular weight is 240 g/mol. The van der Waals surface area contributed by atoms with Gasteiger partial charge in [0.25, 0.3) is 0 Å². The number of hydrogen-bond donors (Lipinski definition) is 2. The van der Waals surface area contributed by atoms with E-state index >= 15 is 0 Å². The highest BCUT2D eigenvalue weighted by atomic mass is 35.5. The van der Waals surface area contributed by atoms with Crippen molar-refractivity contribution >= 4 is 23.1 Å². The molecule has 0 spiro atoms. The maximum Gasteiger partial charge on any atom is 0.145 e. The van der Waals surface area contributed by atoms with Crippen LogP contribution in [0.3, 0.4) is 0 Å². The molecule has 3 N–H and O–H groups in total. The zero-order valence-corrected chi connectivity index (χ0v) is 10.5. The van der Waals surface area contributed by atoms with E-state index in [9.17, 15) is 0 Å². The minimum atomic E-state index is 0.429. The topological polar surface area (TPSA) is 50.9 Å². The van der Waals surface area contributed by atoms with Crippen molar-refractivity contribution in [1.82, 2.24) is 4.98 Å². The lowest BCUT2D eigenvalue weighted by molar-refractivity contribution is 0.378. The smallest absolute Gasteiger partial charge is 0.145 e. The summed E-state index contributed by atoms with van der Waals surface area (Å²) in [6, 6.07) is 2.21. The summed E-state index contributed by atoms with van der Waals surface area (Å²) in [5, 5.41) is 3.99. The van der Waals surface area contributed by atoms with Crippen molar-refractivity contribution < 1.29 is 0 Å². The van der Waals surface area contributed by atoms with Gasteiger partial charge in [0.05, 0.1) is 16.9 Å². The summed E-state index contributed by atoms with van der Waals surface area (Å²) in [5.74, 6) is 0.749. The van der Waals surface area contributed by atoms with Crippen LogP contribution in [0.1, 0.15) is 33.1 Å². The maximum absolute atomic E-state index is 6.07. The van der Waals surface area contributed by atoms with Gasteiger partial charge in [-0.2, -0.15) is 0 Å². The molecule has 1 aromatic rings. The van der Waals surface area contributed by atoms with Crippen LogP contribution in [0.2, 0.25) is 5.02 Å². The molecule has 1 heterocycles. The SMILES string of the molecule is CC1(C)CCC(Nc2ncc(N)cc2Cl)C1. The molecule has 0 aliphatic heterocycles. The first-order valence-electron chi connectivity index (χ1n) is 5.64. The van der Waals surface area contributed by atoms with Gasteiger partial charge in [0.1, 0.15) is 5.82 Å². The van der Waals surface area contributed by atoms with Crippen molar-refractivity contribution in [2.75, 3.05) is 11.1 Å². The van der Waals surface area contributed by atoms with Gasteiger partial charge in [-0.05, 0) is 30.7 Å².